The van der Waals surface area contributed by atoms with Crippen LogP contribution < -0.4 is 20.3 Å². The third-order valence-electron chi connectivity index (χ3n) is 17.7. The fraction of sp³-hybridized carbons (Fsp3) is 0.628. The van der Waals surface area contributed by atoms with Crippen molar-refractivity contribution >= 4 is 23.3 Å². The zero-order valence-corrected chi connectivity index (χ0v) is 31.0. The molecule has 2 aromatic carbocycles. The number of benzene rings is 2. The van der Waals surface area contributed by atoms with Crippen molar-refractivity contribution in [2.45, 2.75) is 92.2 Å². The average molecular weight is 733 g/mol. The molecule has 0 aromatic heterocycles. The molecule has 3 N–H and O–H groups in total. The van der Waals surface area contributed by atoms with Crippen LogP contribution >= 0.6 is 0 Å². The third kappa shape index (κ3) is 3.06. The van der Waals surface area contributed by atoms with E-state index in [4.69, 9.17) is 18.9 Å². The maximum absolute atomic E-state index is 14.0. The van der Waals surface area contributed by atoms with E-state index in [9.17, 15) is 14.7 Å². The molecule has 0 amide bonds. The van der Waals surface area contributed by atoms with Gasteiger partial charge in [-0.25, -0.2) is 4.79 Å². The van der Waals surface area contributed by atoms with Gasteiger partial charge in [-0.2, -0.15) is 0 Å². The number of hydrogen-bond acceptors (Lipinski definition) is 11. The van der Waals surface area contributed by atoms with E-state index in [0.717, 1.165) is 85.6 Å². The van der Waals surface area contributed by atoms with Crippen LogP contribution in [0.15, 0.2) is 53.7 Å². The number of carbonyl (C=O) groups excluding carboxylic acids is 2. The molecule has 8 fully saturated rings. The van der Waals surface area contributed by atoms with E-state index in [1.165, 1.54) is 12.7 Å². The first-order valence-corrected chi connectivity index (χ1v) is 20.4. The van der Waals surface area contributed by atoms with Gasteiger partial charge in [0.15, 0.2) is 5.72 Å². The SMILES string of the molecule is COC(=O)C1=C2Nc3ccccc3[C@@]23CCN2C[C@]4(C[C@@H]5C[C@]67CC(=O)O[C@H]6CCC6NC[C@@]8(c9cccc(OC)c9N(C4)[C@@]58O)[C@@H]67)[C@@H]4OCC[C@]4(C1)[C@H]23. The minimum absolute atomic E-state index is 0.0593. The Morgan fingerprint density at radius 3 is 2.74 bits per heavy atom. The molecule has 6 saturated heterocycles. The molecular weight excluding hydrogens is 684 g/mol. The van der Waals surface area contributed by atoms with E-state index in [2.05, 4.69) is 56.8 Å². The zero-order valence-electron chi connectivity index (χ0n) is 31.0. The molecule has 11 heteroatoms. The second-order valence-electron chi connectivity index (χ2n) is 19.1. The summed E-state index contributed by atoms with van der Waals surface area (Å²) in [5, 5.41) is 21.7. The van der Waals surface area contributed by atoms with Gasteiger partial charge in [-0.05, 0) is 80.7 Å². The van der Waals surface area contributed by atoms with Gasteiger partial charge in [0.2, 0.25) is 0 Å². The number of aliphatic hydroxyl groups is 1. The molecule has 54 heavy (non-hydrogen) atoms. The van der Waals surface area contributed by atoms with Crippen LogP contribution in [-0.2, 0) is 34.6 Å². The zero-order chi connectivity index (χ0) is 36.2. The molecule has 8 aliphatic heterocycles. The minimum atomic E-state index is -1.18. The molecule has 2 saturated carbocycles. The van der Waals surface area contributed by atoms with E-state index in [-0.39, 0.29) is 69.7 Å². The molecule has 11 aliphatic rings. The quantitative estimate of drug-likeness (QED) is 0.393. The Labute approximate surface area is 314 Å². The highest BCUT2D eigenvalue weighted by Crippen LogP contribution is 2.78. The van der Waals surface area contributed by atoms with Gasteiger partial charge in [0, 0.05) is 71.9 Å². The molecule has 282 valence electrons. The monoisotopic (exact) mass is 732 g/mol. The summed E-state index contributed by atoms with van der Waals surface area (Å²) in [4.78, 5) is 32.6. The number of methoxy groups -OCH3 is 2. The van der Waals surface area contributed by atoms with Crippen molar-refractivity contribution in [3.8, 4) is 5.75 Å². The summed E-state index contributed by atoms with van der Waals surface area (Å²) < 4.78 is 25.3. The topological polar surface area (TPSA) is 122 Å². The van der Waals surface area contributed by atoms with Crippen LogP contribution in [-0.4, -0.2) is 99.0 Å². The van der Waals surface area contributed by atoms with Crippen LogP contribution in [0.3, 0.4) is 0 Å². The van der Waals surface area contributed by atoms with Gasteiger partial charge in [0.25, 0.3) is 0 Å². The Hall–Kier alpha value is -3.64. The summed E-state index contributed by atoms with van der Waals surface area (Å²) >= 11 is 0. The van der Waals surface area contributed by atoms with E-state index in [1.807, 2.05) is 6.07 Å². The standard InChI is InChI=1S/C43H48N4O7/c1-51-29-9-5-7-26-32(29)47-22-38(16-23-17-40-19-31(48)54-30(40)11-10-28-33(40)42(26,20-44-28)43(23,47)50)21-46-14-12-41-25-6-3-4-8-27(25)45-34(41)24(35(49)52-2)18-39(36(41)46)13-15-53-37(38)39/h3-9,23,28,30,33,36-37,44-45,50H,10-22H2,1-2H3/t23-,28?,30+,33+,36+,37+,38+,39+,40+,41+,42-,43-/m1/s1. The summed E-state index contributed by atoms with van der Waals surface area (Å²) in [6.07, 6.45) is 5.78. The molecule has 5 spiro atoms. The number of esters is 2. The van der Waals surface area contributed by atoms with Crippen molar-refractivity contribution in [3.05, 3.63) is 64.9 Å². The Bertz CT molecular complexity index is 2140. The van der Waals surface area contributed by atoms with E-state index in [1.54, 1.807) is 7.11 Å². The highest BCUT2D eigenvalue weighted by atomic mass is 16.6. The average Bonchev–Trinajstić information content (AvgIpc) is 4.02. The summed E-state index contributed by atoms with van der Waals surface area (Å²) in [6.45, 7) is 3.67. The van der Waals surface area contributed by atoms with Crippen molar-refractivity contribution < 1.29 is 33.6 Å². The molecule has 8 heterocycles. The van der Waals surface area contributed by atoms with Crippen LogP contribution in [0.1, 0.15) is 62.5 Å². The summed E-state index contributed by atoms with van der Waals surface area (Å²) in [6, 6.07) is 15.4. The van der Waals surface area contributed by atoms with Crippen molar-refractivity contribution in [2.75, 3.05) is 57.2 Å². The van der Waals surface area contributed by atoms with Crippen molar-refractivity contribution in [1.82, 2.24) is 10.2 Å². The number of nitrogens with one attached hydrogen (secondary N) is 2. The lowest BCUT2D eigenvalue weighted by Gasteiger charge is -2.70. The van der Waals surface area contributed by atoms with Crippen LogP contribution in [0, 0.1) is 28.1 Å². The van der Waals surface area contributed by atoms with Gasteiger partial charge in [-0.1, -0.05) is 30.3 Å². The van der Waals surface area contributed by atoms with Crippen LogP contribution in [0.5, 0.6) is 5.75 Å². The van der Waals surface area contributed by atoms with Gasteiger partial charge in [-0.3, -0.25) is 9.69 Å². The second-order valence-corrected chi connectivity index (χ2v) is 19.1. The number of ether oxygens (including phenoxy) is 4. The van der Waals surface area contributed by atoms with E-state index in [0.29, 0.717) is 32.5 Å². The molecule has 3 aliphatic carbocycles. The Morgan fingerprint density at radius 2 is 1.87 bits per heavy atom. The van der Waals surface area contributed by atoms with Crippen molar-refractivity contribution in [2.24, 2.45) is 28.1 Å². The number of carbonyl (C=O) groups is 2. The van der Waals surface area contributed by atoms with Gasteiger partial charge < -0.3 is 39.6 Å². The number of anilines is 2. The number of fused-ring (bicyclic) bond motifs is 4. The molecule has 0 bridgehead atoms. The van der Waals surface area contributed by atoms with Crippen molar-refractivity contribution in [3.63, 3.8) is 0 Å². The first-order chi connectivity index (χ1) is 26.2. The highest BCUT2D eigenvalue weighted by molar-refractivity contribution is 5.93. The lowest BCUT2D eigenvalue weighted by molar-refractivity contribution is -0.233. The van der Waals surface area contributed by atoms with E-state index < -0.39 is 11.1 Å². The molecule has 13 rings (SSSR count). The summed E-state index contributed by atoms with van der Waals surface area (Å²) in [7, 11) is 3.25. The van der Waals surface area contributed by atoms with Gasteiger partial charge in [0.05, 0.1) is 48.8 Å². The largest absolute Gasteiger partial charge is 0.495 e. The predicted octanol–water partition coefficient (Wildman–Crippen LogP) is 3.59. The van der Waals surface area contributed by atoms with Crippen LogP contribution in [0.4, 0.5) is 11.4 Å². The minimum Gasteiger partial charge on any atom is -0.495 e. The van der Waals surface area contributed by atoms with E-state index >= 15 is 0 Å². The number of para-hydroxylation sites is 2. The van der Waals surface area contributed by atoms with Crippen LogP contribution in [0.25, 0.3) is 0 Å². The Kier molecular flexibility index (Phi) is 5.64. The van der Waals surface area contributed by atoms with Gasteiger partial charge in [0.1, 0.15) is 11.9 Å². The molecule has 0 radical (unpaired) electrons. The predicted molar refractivity (Wildman–Crippen MR) is 196 cm³/mol. The normalized spacial score (nSPS) is 47.8. The summed E-state index contributed by atoms with van der Waals surface area (Å²) in [5.74, 6) is 0.351. The summed E-state index contributed by atoms with van der Waals surface area (Å²) in [5.41, 5.74) is 3.08. The van der Waals surface area contributed by atoms with Crippen molar-refractivity contribution in [1.29, 1.82) is 0 Å². The van der Waals surface area contributed by atoms with Gasteiger partial charge in [-0.15, -0.1) is 0 Å². The third-order valence-corrected chi connectivity index (χ3v) is 17.7. The van der Waals surface area contributed by atoms with Crippen LogP contribution in [0.2, 0.25) is 0 Å². The number of rotatable bonds is 2. The fourth-order valence-electron chi connectivity index (χ4n) is 16.8. The molecule has 1 unspecified atom stereocenters. The molecule has 2 aromatic rings. The first kappa shape index (κ1) is 31.6. The smallest absolute Gasteiger partial charge is 0.335 e. The maximum atomic E-state index is 14.0. The Morgan fingerprint density at radius 1 is 1.00 bits per heavy atom. The molecule has 12 atom stereocenters. The fourth-order valence-corrected chi connectivity index (χ4v) is 16.8. The number of nitrogens with zero attached hydrogens (tertiary/aromatic N) is 2. The highest BCUT2D eigenvalue weighted by Gasteiger charge is 2.84. The molecular formula is C43H48N4O7. The first-order valence-electron chi connectivity index (χ1n) is 20.4. The maximum Gasteiger partial charge on any atom is 0.335 e. The number of piperidine rings is 2. The van der Waals surface area contributed by atoms with Gasteiger partial charge >= 0.3 is 11.9 Å². The molecule has 11 nitrogen and oxygen atoms in total. The Balaban J connectivity index is 1.03. The second kappa shape index (κ2) is 9.65. The number of hydrogen-bond donors (Lipinski definition) is 3. The lowest BCUT2D eigenvalue weighted by atomic mass is 9.41. The lowest BCUT2D eigenvalue weighted by Crippen LogP contribution is -2.80.